The third-order valence-electron chi connectivity index (χ3n) is 3.75. The standard InChI is InChI=1S/C19H19N3O/c1-22-14-17(13-20-22)21-19(23)18-10-6-5-9-16(18)12-11-15-7-3-2-4-8-15/h2-10,13-14H,11-12H2,1H3,(H,21,23). The van der Waals surface area contributed by atoms with Crippen molar-refractivity contribution in [2.24, 2.45) is 7.05 Å². The first-order chi connectivity index (χ1) is 11.2. The molecule has 1 amide bonds. The lowest BCUT2D eigenvalue weighted by atomic mass is 9.99. The van der Waals surface area contributed by atoms with Crippen LogP contribution in [0.3, 0.4) is 0 Å². The van der Waals surface area contributed by atoms with Crippen molar-refractivity contribution in [2.75, 3.05) is 5.32 Å². The molecule has 23 heavy (non-hydrogen) atoms. The van der Waals surface area contributed by atoms with Crippen molar-refractivity contribution in [3.05, 3.63) is 83.7 Å². The molecule has 0 radical (unpaired) electrons. The minimum absolute atomic E-state index is 0.0957. The van der Waals surface area contributed by atoms with Crippen molar-refractivity contribution in [3.8, 4) is 0 Å². The first kappa shape index (κ1) is 15.0. The molecule has 1 aromatic heterocycles. The Bertz CT molecular complexity index is 793. The molecular weight excluding hydrogens is 286 g/mol. The van der Waals surface area contributed by atoms with Gasteiger partial charge in [-0.3, -0.25) is 9.48 Å². The van der Waals surface area contributed by atoms with E-state index in [1.54, 1.807) is 17.1 Å². The Labute approximate surface area is 135 Å². The third kappa shape index (κ3) is 3.86. The molecule has 0 atom stereocenters. The van der Waals surface area contributed by atoms with Gasteiger partial charge in [-0.1, -0.05) is 48.5 Å². The molecule has 2 aromatic carbocycles. The van der Waals surface area contributed by atoms with Gasteiger partial charge >= 0.3 is 0 Å². The smallest absolute Gasteiger partial charge is 0.256 e. The zero-order valence-electron chi connectivity index (χ0n) is 13.1. The summed E-state index contributed by atoms with van der Waals surface area (Å²) >= 11 is 0. The minimum Gasteiger partial charge on any atom is -0.319 e. The molecular formula is C19H19N3O. The van der Waals surface area contributed by atoms with Crippen molar-refractivity contribution in [1.29, 1.82) is 0 Å². The van der Waals surface area contributed by atoms with Crippen LogP contribution in [0.1, 0.15) is 21.5 Å². The second kappa shape index (κ2) is 6.92. The Hall–Kier alpha value is -2.88. The molecule has 4 nitrogen and oxygen atoms in total. The van der Waals surface area contributed by atoms with E-state index in [1.165, 1.54) is 5.56 Å². The monoisotopic (exact) mass is 305 g/mol. The molecule has 4 heteroatoms. The van der Waals surface area contributed by atoms with E-state index in [9.17, 15) is 4.79 Å². The van der Waals surface area contributed by atoms with Gasteiger partial charge in [0.05, 0.1) is 11.9 Å². The fourth-order valence-corrected chi connectivity index (χ4v) is 2.57. The zero-order valence-corrected chi connectivity index (χ0v) is 13.1. The van der Waals surface area contributed by atoms with Crippen molar-refractivity contribution < 1.29 is 4.79 Å². The highest BCUT2D eigenvalue weighted by atomic mass is 16.1. The normalized spacial score (nSPS) is 10.5. The number of hydrogen-bond acceptors (Lipinski definition) is 2. The number of carbonyl (C=O) groups excluding carboxylic acids is 1. The summed E-state index contributed by atoms with van der Waals surface area (Å²) < 4.78 is 1.66. The van der Waals surface area contributed by atoms with Gasteiger partial charge in [-0.05, 0) is 30.0 Å². The lowest BCUT2D eigenvalue weighted by molar-refractivity contribution is 0.102. The van der Waals surface area contributed by atoms with Gasteiger partial charge in [-0.15, -0.1) is 0 Å². The van der Waals surface area contributed by atoms with Crippen molar-refractivity contribution in [3.63, 3.8) is 0 Å². The van der Waals surface area contributed by atoms with E-state index in [0.29, 0.717) is 11.3 Å². The maximum absolute atomic E-state index is 12.5. The number of anilines is 1. The number of nitrogens with zero attached hydrogens (tertiary/aromatic N) is 2. The van der Waals surface area contributed by atoms with E-state index in [4.69, 9.17) is 0 Å². The van der Waals surface area contributed by atoms with E-state index in [2.05, 4.69) is 22.5 Å². The Morgan fingerprint density at radius 1 is 1.04 bits per heavy atom. The first-order valence-electron chi connectivity index (χ1n) is 7.64. The third-order valence-corrected chi connectivity index (χ3v) is 3.75. The summed E-state index contributed by atoms with van der Waals surface area (Å²) in [7, 11) is 1.82. The van der Waals surface area contributed by atoms with E-state index in [-0.39, 0.29) is 5.91 Å². The summed E-state index contributed by atoms with van der Waals surface area (Å²) in [6.45, 7) is 0. The number of aromatic nitrogens is 2. The maximum Gasteiger partial charge on any atom is 0.256 e. The van der Waals surface area contributed by atoms with Crippen molar-refractivity contribution in [2.45, 2.75) is 12.8 Å². The number of benzene rings is 2. The quantitative estimate of drug-likeness (QED) is 0.784. The zero-order chi connectivity index (χ0) is 16.1. The Kier molecular flexibility index (Phi) is 4.52. The van der Waals surface area contributed by atoms with Crippen LogP contribution in [0.15, 0.2) is 67.0 Å². The van der Waals surface area contributed by atoms with Crippen LogP contribution >= 0.6 is 0 Å². The second-order valence-corrected chi connectivity index (χ2v) is 5.50. The molecule has 116 valence electrons. The Balaban J connectivity index is 1.73. The molecule has 3 rings (SSSR count). The Morgan fingerprint density at radius 2 is 1.78 bits per heavy atom. The van der Waals surface area contributed by atoms with Crippen LogP contribution in [0.25, 0.3) is 0 Å². The van der Waals surface area contributed by atoms with Crippen LogP contribution in [-0.2, 0) is 19.9 Å². The number of aryl methyl sites for hydroxylation is 3. The molecule has 0 unspecified atom stereocenters. The molecule has 0 aliphatic rings. The van der Waals surface area contributed by atoms with Gasteiger partial charge in [-0.2, -0.15) is 5.10 Å². The van der Waals surface area contributed by atoms with Crippen LogP contribution in [0.5, 0.6) is 0 Å². The van der Waals surface area contributed by atoms with Crippen LogP contribution in [-0.4, -0.2) is 15.7 Å². The van der Waals surface area contributed by atoms with E-state index in [1.807, 2.05) is 49.5 Å². The molecule has 0 saturated heterocycles. The van der Waals surface area contributed by atoms with Gasteiger partial charge in [0.25, 0.3) is 5.91 Å². The average Bonchev–Trinajstić information content (AvgIpc) is 2.99. The van der Waals surface area contributed by atoms with Crippen LogP contribution in [0.4, 0.5) is 5.69 Å². The fourth-order valence-electron chi connectivity index (χ4n) is 2.57. The lowest BCUT2D eigenvalue weighted by Gasteiger charge is -2.09. The number of hydrogen-bond donors (Lipinski definition) is 1. The topological polar surface area (TPSA) is 46.9 Å². The average molecular weight is 305 g/mol. The Morgan fingerprint density at radius 3 is 2.52 bits per heavy atom. The van der Waals surface area contributed by atoms with E-state index < -0.39 is 0 Å². The van der Waals surface area contributed by atoms with Gasteiger partial charge in [0.1, 0.15) is 0 Å². The number of amides is 1. The summed E-state index contributed by atoms with van der Waals surface area (Å²) in [5.41, 5.74) is 3.75. The van der Waals surface area contributed by atoms with Crippen molar-refractivity contribution in [1.82, 2.24) is 9.78 Å². The summed E-state index contributed by atoms with van der Waals surface area (Å²) in [5, 5.41) is 6.96. The molecule has 0 saturated carbocycles. The number of rotatable bonds is 5. The number of carbonyl (C=O) groups is 1. The summed E-state index contributed by atoms with van der Waals surface area (Å²) in [6, 6.07) is 18.1. The SMILES string of the molecule is Cn1cc(NC(=O)c2ccccc2CCc2ccccc2)cn1. The number of nitrogens with one attached hydrogen (secondary N) is 1. The van der Waals surface area contributed by atoms with Gasteiger partial charge < -0.3 is 5.32 Å². The highest BCUT2D eigenvalue weighted by molar-refractivity contribution is 6.05. The van der Waals surface area contributed by atoms with Crippen LogP contribution in [0, 0.1) is 0 Å². The van der Waals surface area contributed by atoms with E-state index >= 15 is 0 Å². The maximum atomic E-state index is 12.5. The predicted molar refractivity (Wildman–Crippen MR) is 91.5 cm³/mol. The molecule has 0 spiro atoms. The van der Waals surface area contributed by atoms with Gasteiger partial charge in [0, 0.05) is 18.8 Å². The molecule has 0 fully saturated rings. The lowest BCUT2D eigenvalue weighted by Crippen LogP contribution is -2.14. The molecule has 0 aliphatic carbocycles. The highest BCUT2D eigenvalue weighted by Gasteiger charge is 2.11. The highest BCUT2D eigenvalue weighted by Crippen LogP contribution is 2.15. The second-order valence-electron chi connectivity index (χ2n) is 5.50. The summed E-state index contributed by atoms with van der Waals surface area (Å²) in [4.78, 5) is 12.5. The molecule has 3 aromatic rings. The molecule has 1 N–H and O–H groups in total. The fraction of sp³-hybridized carbons (Fsp3) is 0.158. The largest absolute Gasteiger partial charge is 0.319 e. The van der Waals surface area contributed by atoms with Gasteiger partial charge in [0.2, 0.25) is 0 Å². The van der Waals surface area contributed by atoms with Crippen LogP contribution in [0.2, 0.25) is 0 Å². The predicted octanol–water partition coefficient (Wildman–Crippen LogP) is 3.46. The van der Waals surface area contributed by atoms with E-state index in [0.717, 1.165) is 18.4 Å². The minimum atomic E-state index is -0.0957. The molecule has 0 bridgehead atoms. The summed E-state index contributed by atoms with van der Waals surface area (Å²) in [5.74, 6) is -0.0957. The first-order valence-corrected chi connectivity index (χ1v) is 7.64. The van der Waals surface area contributed by atoms with Gasteiger partial charge in [0.15, 0.2) is 0 Å². The molecule has 0 aliphatic heterocycles. The van der Waals surface area contributed by atoms with Gasteiger partial charge in [-0.25, -0.2) is 0 Å². The summed E-state index contributed by atoms with van der Waals surface area (Å²) in [6.07, 6.45) is 5.17. The molecule has 1 heterocycles. The van der Waals surface area contributed by atoms with Crippen LogP contribution < -0.4 is 5.32 Å². The van der Waals surface area contributed by atoms with Crippen molar-refractivity contribution >= 4 is 11.6 Å².